The van der Waals surface area contributed by atoms with Crippen LogP contribution in [-0.4, -0.2) is 0 Å². The Labute approximate surface area is 106 Å². The third kappa shape index (κ3) is 3.43. The van der Waals surface area contributed by atoms with E-state index in [1.807, 2.05) is 0 Å². The van der Waals surface area contributed by atoms with E-state index in [4.69, 9.17) is 5.84 Å². The van der Waals surface area contributed by atoms with Crippen molar-refractivity contribution < 1.29 is 0 Å². The van der Waals surface area contributed by atoms with E-state index in [-0.39, 0.29) is 6.04 Å². The van der Waals surface area contributed by atoms with Crippen LogP contribution < -0.4 is 11.3 Å². The summed E-state index contributed by atoms with van der Waals surface area (Å²) in [7, 11) is 0. The smallest absolute Gasteiger partial charge is 0.0488 e. The quantitative estimate of drug-likeness (QED) is 0.497. The fourth-order valence-corrected chi connectivity index (χ4v) is 2.53. The lowest BCUT2D eigenvalue weighted by Gasteiger charge is -2.25. The van der Waals surface area contributed by atoms with Gasteiger partial charge in [-0.25, -0.2) is 0 Å². The molecule has 0 amide bonds. The summed E-state index contributed by atoms with van der Waals surface area (Å²) in [5.41, 5.74) is 4.23. The van der Waals surface area contributed by atoms with Crippen LogP contribution in [0.5, 0.6) is 0 Å². The number of hydrazine groups is 1. The summed E-state index contributed by atoms with van der Waals surface area (Å²) in [4.78, 5) is 0. The lowest BCUT2D eigenvalue weighted by Crippen LogP contribution is -2.33. The molecule has 0 saturated carbocycles. The second-order valence-corrected chi connectivity index (χ2v) is 5.02. The van der Waals surface area contributed by atoms with Crippen molar-refractivity contribution in [1.29, 1.82) is 0 Å². The molecule has 0 radical (unpaired) electrons. The van der Waals surface area contributed by atoms with E-state index in [9.17, 15) is 0 Å². The molecule has 0 fully saturated rings. The SMILES string of the molecule is CCC(CC)C(NN)c1cccc(I)c1. The van der Waals surface area contributed by atoms with Crippen molar-refractivity contribution in [3.05, 3.63) is 33.4 Å². The average Bonchev–Trinajstić information content (AvgIpc) is 2.25. The first-order valence-corrected chi connectivity index (χ1v) is 6.52. The number of rotatable bonds is 5. The molecule has 3 N–H and O–H groups in total. The highest BCUT2D eigenvalue weighted by atomic mass is 127. The molecule has 84 valence electrons. The normalized spacial score (nSPS) is 13.1. The Kier molecular flexibility index (Phi) is 5.56. The first-order valence-electron chi connectivity index (χ1n) is 5.44. The first kappa shape index (κ1) is 12.9. The summed E-state index contributed by atoms with van der Waals surface area (Å²) in [5, 5.41) is 0. The molecule has 1 atom stereocenters. The van der Waals surface area contributed by atoms with Gasteiger partial charge in [-0.1, -0.05) is 38.8 Å². The van der Waals surface area contributed by atoms with E-state index < -0.39 is 0 Å². The van der Waals surface area contributed by atoms with Gasteiger partial charge in [0.2, 0.25) is 0 Å². The predicted octanol–water partition coefficient (Wildman–Crippen LogP) is 3.23. The fraction of sp³-hybridized carbons (Fsp3) is 0.500. The average molecular weight is 318 g/mol. The number of benzene rings is 1. The topological polar surface area (TPSA) is 38.0 Å². The number of halogens is 1. The maximum Gasteiger partial charge on any atom is 0.0488 e. The van der Waals surface area contributed by atoms with Gasteiger partial charge in [0.05, 0.1) is 0 Å². The van der Waals surface area contributed by atoms with Crippen LogP contribution in [0.15, 0.2) is 24.3 Å². The van der Waals surface area contributed by atoms with E-state index >= 15 is 0 Å². The van der Waals surface area contributed by atoms with Crippen LogP contribution in [0.3, 0.4) is 0 Å². The largest absolute Gasteiger partial charge is 0.271 e. The summed E-state index contributed by atoms with van der Waals surface area (Å²) < 4.78 is 1.26. The lowest BCUT2D eigenvalue weighted by atomic mass is 9.89. The van der Waals surface area contributed by atoms with Crippen LogP contribution in [0.2, 0.25) is 0 Å². The van der Waals surface area contributed by atoms with Gasteiger partial charge >= 0.3 is 0 Å². The molecule has 0 heterocycles. The van der Waals surface area contributed by atoms with E-state index in [1.165, 1.54) is 9.13 Å². The van der Waals surface area contributed by atoms with Crippen LogP contribution in [0.4, 0.5) is 0 Å². The van der Waals surface area contributed by atoms with Crippen molar-refractivity contribution in [2.45, 2.75) is 32.7 Å². The molecule has 0 aromatic heterocycles. The van der Waals surface area contributed by atoms with E-state index in [0.29, 0.717) is 5.92 Å². The van der Waals surface area contributed by atoms with Gasteiger partial charge in [0.1, 0.15) is 0 Å². The van der Waals surface area contributed by atoms with Gasteiger partial charge < -0.3 is 0 Å². The first-order chi connectivity index (χ1) is 7.22. The Bertz CT molecular complexity index is 297. The summed E-state index contributed by atoms with van der Waals surface area (Å²) in [6.45, 7) is 4.43. The van der Waals surface area contributed by atoms with Crippen LogP contribution in [0.25, 0.3) is 0 Å². The molecule has 0 aliphatic heterocycles. The molecule has 0 saturated heterocycles. The zero-order valence-corrected chi connectivity index (χ0v) is 11.5. The molecule has 0 aliphatic carbocycles. The molecular weight excluding hydrogens is 299 g/mol. The maximum atomic E-state index is 5.65. The number of nitrogens with two attached hydrogens (primary N) is 1. The highest BCUT2D eigenvalue weighted by Crippen LogP contribution is 2.27. The van der Waals surface area contributed by atoms with Crippen LogP contribution in [-0.2, 0) is 0 Å². The van der Waals surface area contributed by atoms with Crippen molar-refractivity contribution in [2.24, 2.45) is 11.8 Å². The van der Waals surface area contributed by atoms with Gasteiger partial charge in [0.15, 0.2) is 0 Å². The van der Waals surface area contributed by atoms with Crippen molar-refractivity contribution in [2.75, 3.05) is 0 Å². The maximum absolute atomic E-state index is 5.65. The second kappa shape index (κ2) is 6.45. The number of nitrogens with one attached hydrogen (secondary N) is 1. The minimum Gasteiger partial charge on any atom is -0.271 e. The molecule has 15 heavy (non-hydrogen) atoms. The molecule has 1 aromatic rings. The van der Waals surface area contributed by atoms with Crippen molar-refractivity contribution >= 4 is 22.6 Å². The monoisotopic (exact) mass is 318 g/mol. The van der Waals surface area contributed by atoms with Gasteiger partial charge in [-0.15, -0.1) is 0 Å². The Morgan fingerprint density at radius 3 is 2.47 bits per heavy atom. The predicted molar refractivity (Wildman–Crippen MR) is 73.3 cm³/mol. The molecule has 1 rings (SSSR count). The Balaban J connectivity index is 2.90. The highest BCUT2D eigenvalue weighted by Gasteiger charge is 2.18. The summed E-state index contributed by atoms with van der Waals surface area (Å²) >= 11 is 2.33. The van der Waals surface area contributed by atoms with E-state index in [1.54, 1.807) is 0 Å². The highest BCUT2D eigenvalue weighted by molar-refractivity contribution is 14.1. The lowest BCUT2D eigenvalue weighted by molar-refractivity contribution is 0.345. The minimum absolute atomic E-state index is 0.273. The van der Waals surface area contributed by atoms with Crippen molar-refractivity contribution in [3.63, 3.8) is 0 Å². The third-order valence-corrected chi connectivity index (χ3v) is 3.58. The number of hydrogen-bond acceptors (Lipinski definition) is 2. The molecule has 0 spiro atoms. The molecular formula is C12H19IN2. The summed E-state index contributed by atoms with van der Waals surface area (Å²) in [6, 6.07) is 8.80. The Morgan fingerprint density at radius 1 is 1.33 bits per heavy atom. The number of hydrogen-bond donors (Lipinski definition) is 2. The molecule has 3 heteroatoms. The van der Waals surface area contributed by atoms with Crippen LogP contribution in [0.1, 0.15) is 38.3 Å². The summed E-state index contributed by atoms with van der Waals surface area (Å²) in [5.74, 6) is 6.26. The van der Waals surface area contributed by atoms with Gasteiger partial charge in [0, 0.05) is 9.61 Å². The van der Waals surface area contributed by atoms with Crippen molar-refractivity contribution in [1.82, 2.24) is 5.43 Å². The zero-order valence-electron chi connectivity index (χ0n) is 9.33. The molecule has 1 aromatic carbocycles. The molecule has 0 aliphatic rings. The van der Waals surface area contributed by atoms with Crippen LogP contribution >= 0.6 is 22.6 Å². The van der Waals surface area contributed by atoms with Crippen molar-refractivity contribution in [3.8, 4) is 0 Å². The third-order valence-electron chi connectivity index (χ3n) is 2.91. The van der Waals surface area contributed by atoms with Gasteiger partial charge in [0.25, 0.3) is 0 Å². The molecule has 0 bridgehead atoms. The van der Waals surface area contributed by atoms with E-state index in [2.05, 4.69) is 66.1 Å². The van der Waals surface area contributed by atoms with E-state index in [0.717, 1.165) is 12.8 Å². The summed E-state index contributed by atoms with van der Waals surface area (Å²) in [6.07, 6.45) is 2.30. The molecule has 1 unspecified atom stereocenters. The second-order valence-electron chi connectivity index (χ2n) is 3.78. The minimum atomic E-state index is 0.273. The fourth-order valence-electron chi connectivity index (χ4n) is 1.96. The standard InChI is InChI=1S/C12H19IN2/c1-3-9(4-2)12(15-14)10-6-5-7-11(13)8-10/h5-9,12,15H,3-4,14H2,1-2H3. The van der Waals surface area contributed by atoms with Crippen LogP contribution in [0, 0.1) is 9.49 Å². The van der Waals surface area contributed by atoms with Gasteiger partial charge in [-0.05, 0) is 46.2 Å². The van der Waals surface area contributed by atoms with Gasteiger partial charge in [-0.2, -0.15) is 0 Å². The Morgan fingerprint density at radius 2 is 2.00 bits per heavy atom. The van der Waals surface area contributed by atoms with Gasteiger partial charge in [-0.3, -0.25) is 11.3 Å². The Hall–Kier alpha value is -0.130. The zero-order chi connectivity index (χ0) is 11.3. The molecule has 2 nitrogen and oxygen atoms in total.